The fraction of sp³-hybridized carbons (Fsp3) is 0.857. The molecule has 0 aliphatic carbocycles. The van der Waals surface area contributed by atoms with E-state index < -0.39 is 0 Å². The van der Waals surface area contributed by atoms with Gasteiger partial charge in [0.2, 0.25) is 0 Å². The zero-order valence-electron chi connectivity index (χ0n) is 5.94. The predicted octanol–water partition coefficient (Wildman–Crippen LogP) is 1.62. The van der Waals surface area contributed by atoms with Crippen LogP contribution in [0, 0.1) is 11.8 Å². The SMILES string of the molecule is CC(C)(C)C[CH]CO. The van der Waals surface area contributed by atoms with Crippen molar-refractivity contribution in [3.05, 3.63) is 6.42 Å². The van der Waals surface area contributed by atoms with E-state index in [1.165, 1.54) is 0 Å². The summed E-state index contributed by atoms with van der Waals surface area (Å²) in [6.45, 7) is 6.66. The van der Waals surface area contributed by atoms with Crippen LogP contribution in [0.5, 0.6) is 0 Å². The van der Waals surface area contributed by atoms with Crippen molar-refractivity contribution < 1.29 is 5.11 Å². The van der Waals surface area contributed by atoms with Crippen LogP contribution in [0.1, 0.15) is 27.2 Å². The molecule has 0 aromatic rings. The van der Waals surface area contributed by atoms with Crippen molar-refractivity contribution in [2.24, 2.45) is 5.41 Å². The van der Waals surface area contributed by atoms with Gasteiger partial charge >= 0.3 is 0 Å². The molecule has 0 aliphatic rings. The highest BCUT2D eigenvalue weighted by Gasteiger charge is 2.07. The third kappa shape index (κ3) is 5.96. The van der Waals surface area contributed by atoms with Gasteiger partial charge in [-0.25, -0.2) is 0 Å². The van der Waals surface area contributed by atoms with E-state index in [4.69, 9.17) is 5.11 Å². The highest BCUT2D eigenvalue weighted by Crippen LogP contribution is 2.18. The molecule has 0 saturated carbocycles. The Labute approximate surface area is 51.7 Å². The molecule has 0 unspecified atom stereocenters. The number of hydrogen-bond acceptors (Lipinski definition) is 1. The van der Waals surface area contributed by atoms with Crippen LogP contribution in [0.25, 0.3) is 0 Å². The maximum atomic E-state index is 8.37. The van der Waals surface area contributed by atoms with Crippen molar-refractivity contribution in [3.63, 3.8) is 0 Å². The summed E-state index contributed by atoms with van der Waals surface area (Å²) in [4.78, 5) is 0. The molecule has 0 fully saturated rings. The fourth-order valence-corrected chi connectivity index (χ4v) is 0.498. The normalized spacial score (nSPS) is 12.0. The van der Waals surface area contributed by atoms with Crippen molar-refractivity contribution >= 4 is 0 Å². The lowest BCUT2D eigenvalue weighted by atomic mass is 9.91. The van der Waals surface area contributed by atoms with Crippen LogP contribution in [0.15, 0.2) is 0 Å². The van der Waals surface area contributed by atoms with E-state index in [1.807, 2.05) is 6.42 Å². The van der Waals surface area contributed by atoms with Crippen molar-refractivity contribution in [1.29, 1.82) is 0 Å². The van der Waals surface area contributed by atoms with Crippen LogP contribution in [0.4, 0.5) is 0 Å². The minimum atomic E-state index is 0.206. The summed E-state index contributed by atoms with van der Waals surface area (Å²) in [6, 6.07) is 0. The topological polar surface area (TPSA) is 20.2 Å². The Morgan fingerprint density at radius 2 is 1.88 bits per heavy atom. The van der Waals surface area contributed by atoms with Crippen molar-refractivity contribution in [2.75, 3.05) is 6.61 Å². The zero-order valence-corrected chi connectivity index (χ0v) is 5.94. The van der Waals surface area contributed by atoms with Gasteiger partial charge < -0.3 is 5.11 Å². The molecule has 0 saturated heterocycles. The molecule has 1 heteroatoms. The van der Waals surface area contributed by atoms with Crippen LogP contribution >= 0.6 is 0 Å². The maximum Gasteiger partial charge on any atom is 0.0462 e. The lowest BCUT2D eigenvalue weighted by Gasteiger charge is -2.15. The predicted molar refractivity (Wildman–Crippen MR) is 35.5 cm³/mol. The van der Waals surface area contributed by atoms with Gasteiger partial charge in [-0.2, -0.15) is 0 Å². The lowest BCUT2D eigenvalue weighted by Crippen LogP contribution is -2.05. The molecule has 1 radical (unpaired) electrons. The smallest absolute Gasteiger partial charge is 0.0462 e. The van der Waals surface area contributed by atoms with E-state index in [-0.39, 0.29) is 6.61 Å². The molecule has 8 heavy (non-hydrogen) atoms. The number of hydrogen-bond donors (Lipinski definition) is 1. The van der Waals surface area contributed by atoms with Gasteiger partial charge in [0.25, 0.3) is 0 Å². The highest BCUT2D eigenvalue weighted by atomic mass is 16.2. The molecule has 0 spiro atoms. The van der Waals surface area contributed by atoms with E-state index in [0.29, 0.717) is 5.41 Å². The lowest BCUT2D eigenvalue weighted by molar-refractivity contribution is 0.300. The Hall–Kier alpha value is -0.0400. The molecule has 1 N–H and O–H groups in total. The van der Waals surface area contributed by atoms with Gasteiger partial charge in [0.05, 0.1) is 0 Å². The highest BCUT2D eigenvalue weighted by molar-refractivity contribution is 4.72. The molecule has 0 aliphatic heterocycles. The van der Waals surface area contributed by atoms with Gasteiger partial charge in [0, 0.05) is 6.61 Å². The third-order valence-corrected chi connectivity index (χ3v) is 0.886. The van der Waals surface area contributed by atoms with Crippen LogP contribution in [0.3, 0.4) is 0 Å². The molecule has 0 aromatic heterocycles. The average Bonchev–Trinajstić information content (AvgIpc) is 1.59. The molecular weight excluding hydrogens is 100 g/mol. The minimum absolute atomic E-state index is 0.206. The van der Waals surface area contributed by atoms with Crippen molar-refractivity contribution in [1.82, 2.24) is 0 Å². The molecular formula is C7H15O. The standard InChI is InChI=1S/C7H15O/c1-7(2,3)5-4-6-8/h4,8H,5-6H2,1-3H3. The Kier molecular flexibility index (Phi) is 3.06. The van der Waals surface area contributed by atoms with E-state index in [0.717, 1.165) is 6.42 Å². The Bertz CT molecular complexity index is 51.9. The summed E-state index contributed by atoms with van der Waals surface area (Å²) in [5.41, 5.74) is 0.336. The minimum Gasteiger partial charge on any atom is -0.396 e. The number of aliphatic hydroxyl groups excluding tert-OH is 1. The summed E-state index contributed by atoms with van der Waals surface area (Å²) < 4.78 is 0. The van der Waals surface area contributed by atoms with Gasteiger partial charge in [-0.15, -0.1) is 0 Å². The van der Waals surface area contributed by atoms with Gasteiger partial charge in [-0.05, 0) is 18.3 Å². The molecule has 0 heterocycles. The van der Waals surface area contributed by atoms with Crippen molar-refractivity contribution in [3.8, 4) is 0 Å². The number of rotatable bonds is 2. The van der Waals surface area contributed by atoms with Crippen LogP contribution in [-0.4, -0.2) is 11.7 Å². The van der Waals surface area contributed by atoms with Crippen molar-refractivity contribution in [2.45, 2.75) is 27.2 Å². The first-order chi connectivity index (χ1) is 3.56. The first-order valence-corrected chi connectivity index (χ1v) is 2.99. The first kappa shape index (κ1) is 7.96. The quantitative estimate of drug-likeness (QED) is 0.579. The van der Waals surface area contributed by atoms with E-state index in [2.05, 4.69) is 20.8 Å². The van der Waals surface area contributed by atoms with E-state index >= 15 is 0 Å². The Balaban J connectivity index is 3.11. The van der Waals surface area contributed by atoms with Crippen LogP contribution < -0.4 is 0 Å². The monoisotopic (exact) mass is 115 g/mol. The Morgan fingerprint density at radius 1 is 1.38 bits per heavy atom. The van der Waals surface area contributed by atoms with Gasteiger partial charge in [0.1, 0.15) is 0 Å². The van der Waals surface area contributed by atoms with E-state index in [9.17, 15) is 0 Å². The van der Waals surface area contributed by atoms with E-state index in [1.54, 1.807) is 0 Å². The summed E-state index contributed by atoms with van der Waals surface area (Å²) >= 11 is 0. The zero-order chi connectivity index (χ0) is 6.62. The molecule has 0 bridgehead atoms. The molecule has 0 aromatic carbocycles. The second-order valence-electron chi connectivity index (χ2n) is 3.24. The van der Waals surface area contributed by atoms with Crippen LogP contribution in [0.2, 0.25) is 0 Å². The fourth-order valence-electron chi connectivity index (χ4n) is 0.498. The first-order valence-electron chi connectivity index (χ1n) is 2.99. The summed E-state index contributed by atoms with van der Waals surface area (Å²) in [5, 5.41) is 8.37. The molecule has 0 atom stereocenters. The third-order valence-electron chi connectivity index (χ3n) is 0.886. The molecule has 49 valence electrons. The second kappa shape index (κ2) is 3.08. The van der Waals surface area contributed by atoms with Gasteiger partial charge in [0.15, 0.2) is 0 Å². The summed E-state index contributed by atoms with van der Waals surface area (Å²) in [6.07, 6.45) is 2.88. The molecule has 1 nitrogen and oxygen atoms in total. The Morgan fingerprint density at radius 3 is 2.00 bits per heavy atom. The molecule has 0 amide bonds. The molecule has 0 rings (SSSR count). The number of aliphatic hydroxyl groups is 1. The largest absolute Gasteiger partial charge is 0.396 e. The summed E-state index contributed by atoms with van der Waals surface area (Å²) in [5.74, 6) is 0. The average molecular weight is 115 g/mol. The summed E-state index contributed by atoms with van der Waals surface area (Å²) in [7, 11) is 0. The van der Waals surface area contributed by atoms with Gasteiger partial charge in [-0.3, -0.25) is 0 Å². The van der Waals surface area contributed by atoms with Gasteiger partial charge in [-0.1, -0.05) is 20.8 Å². The van der Waals surface area contributed by atoms with Crippen LogP contribution in [-0.2, 0) is 0 Å². The second-order valence-corrected chi connectivity index (χ2v) is 3.24. The maximum absolute atomic E-state index is 8.37.